The van der Waals surface area contributed by atoms with Crippen molar-refractivity contribution in [3.8, 4) is 0 Å². The summed E-state index contributed by atoms with van der Waals surface area (Å²) in [4.78, 5) is 30.7. The van der Waals surface area contributed by atoms with Crippen LogP contribution in [0, 0.1) is 5.92 Å². The van der Waals surface area contributed by atoms with E-state index in [1.54, 1.807) is 29.0 Å². The number of fused-ring (bicyclic) bond motifs is 1. The summed E-state index contributed by atoms with van der Waals surface area (Å²) in [5, 5.41) is 4.50. The van der Waals surface area contributed by atoms with Crippen LogP contribution in [0.15, 0.2) is 53.5 Å². The molecule has 1 aromatic carbocycles. The number of amides is 1. The van der Waals surface area contributed by atoms with E-state index < -0.39 is 0 Å². The van der Waals surface area contributed by atoms with E-state index in [4.69, 9.17) is 11.6 Å². The Balaban J connectivity index is 1.72. The Kier molecular flexibility index (Phi) is 5.67. The lowest BCUT2D eigenvalue weighted by molar-refractivity contribution is 0.0908. The van der Waals surface area contributed by atoms with Gasteiger partial charge in [0.2, 0.25) is 0 Å². The summed E-state index contributed by atoms with van der Waals surface area (Å²) in [6.45, 7) is 2.48. The van der Waals surface area contributed by atoms with Gasteiger partial charge in [-0.2, -0.15) is 0 Å². The van der Waals surface area contributed by atoms with Crippen molar-refractivity contribution < 1.29 is 4.79 Å². The number of nitrogens with one attached hydrogen (secondary N) is 1. The number of rotatable bonds is 4. The fourth-order valence-electron chi connectivity index (χ4n) is 4.06. The van der Waals surface area contributed by atoms with Crippen LogP contribution in [0.4, 0.5) is 0 Å². The summed E-state index contributed by atoms with van der Waals surface area (Å²) in [5.74, 6) is 0.121. The maximum Gasteiger partial charge on any atom is 0.265 e. The van der Waals surface area contributed by atoms with E-state index in [1.165, 1.54) is 6.42 Å². The molecule has 5 nitrogen and oxygen atoms in total. The smallest absolute Gasteiger partial charge is 0.265 e. The van der Waals surface area contributed by atoms with Crippen LogP contribution < -0.4 is 10.9 Å². The van der Waals surface area contributed by atoms with Crippen molar-refractivity contribution in [2.24, 2.45) is 5.92 Å². The first-order valence-corrected chi connectivity index (χ1v) is 10.4. The van der Waals surface area contributed by atoms with Gasteiger partial charge < -0.3 is 5.32 Å². The van der Waals surface area contributed by atoms with Crippen molar-refractivity contribution in [1.29, 1.82) is 0 Å². The zero-order valence-corrected chi connectivity index (χ0v) is 17.2. The Morgan fingerprint density at radius 1 is 1.21 bits per heavy atom. The van der Waals surface area contributed by atoms with Crippen molar-refractivity contribution in [3.05, 3.63) is 75.2 Å². The Morgan fingerprint density at radius 3 is 2.72 bits per heavy atom. The fraction of sp³-hybridized carbons (Fsp3) is 0.348. The molecule has 4 rings (SSSR count). The van der Waals surface area contributed by atoms with Crippen LogP contribution in [0.2, 0.25) is 5.02 Å². The second-order valence-electron chi connectivity index (χ2n) is 7.83. The molecule has 1 aliphatic carbocycles. The van der Waals surface area contributed by atoms with Crippen LogP contribution in [0.3, 0.4) is 0 Å². The molecule has 150 valence electrons. The quantitative estimate of drug-likeness (QED) is 0.694. The molecule has 0 saturated heterocycles. The van der Waals surface area contributed by atoms with Crippen molar-refractivity contribution in [1.82, 2.24) is 14.9 Å². The summed E-state index contributed by atoms with van der Waals surface area (Å²) in [6, 6.07) is 12.8. The second-order valence-corrected chi connectivity index (χ2v) is 8.27. The van der Waals surface area contributed by atoms with Crippen molar-refractivity contribution >= 4 is 28.5 Å². The van der Waals surface area contributed by atoms with Crippen LogP contribution in [0.1, 0.15) is 48.5 Å². The number of nitrogens with zero attached hydrogens (tertiary/aromatic N) is 2. The van der Waals surface area contributed by atoms with Crippen molar-refractivity contribution in [3.63, 3.8) is 0 Å². The SMILES string of the molecule is C[C@H]1CCCC[C@H]1NC(=O)c1cc2cccnc2n(Cc2ccc(Cl)cc2)c1=O. The van der Waals surface area contributed by atoms with E-state index in [0.717, 1.165) is 30.2 Å². The van der Waals surface area contributed by atoms with Gasteiger partial charge >= 0.3 is 0 Å². The molecule has 0 spiro atoms. The summed E-state index contributed by atoms with van der Waals surface area (Å²) in [6.07, 6.45) is 6.03. The number of halogens is 1. The molecule has 1 aliphatic rings. The van der Waals surface area contributed by atoms with E-state index in [0.29, 0.717) is 23.1 Å². The first-order chi connectivity index (χ1) is 14.0. The van der Waals surface area contributed by atoms with E-state index in [9.17, 15) is 9.59 Å². The third-order valence-electron chi connectivity index (χ3n) is 5.77. The second kappa shape index (κ2) is 8.37. The number of hydrogen-bond donors (Lipinski definition) is 1. The predicted molar refractivity (Wildman–Crippen MR) is 115 cm³/mol. The fourth-order valence-corrected chi connectivity index (χ4v) is 4.19. The van der Waals surface area contributed by atoms with E-state index >= 15 is 0 Å². The van der Waals surface area contributed by atoms with Gasteiger partial charge in [0.15, 0.2) is 0 Å². The minimum atomic E-state index is -0.327. The monoisotopic (exact) mass is 409 g/mol. The summed E-state index contributed by atoms with van der Waals surface area (Å²) in [5.41, 5.74) is 1.32. The largest absolute Gasteiger partial charge is 0.349 e. The number of aromatic nitrogens is 2. The molecule has 0 radical (unpaired) electrons. The number of carbonyl (C=O) groups excluding carboxylic acids is 1. The first-order valence-electron chi connectivity index (χ1n) is 10.1. The molecule has 1 amide bonds. The Hall–Kier alpha value is -2.66. The van der Waals surface area contributed by atoms with E-state index in [-0.39, 0.29) is 23.1 Å². The summed E-state index contributed by atoms with van der Waals surface area (Å²) in [7, 11) is 0. The predicted octanol–water partition coefficient (Wildman–Crippen LogP) is 4.41. The third-order valence-corrected chi connectivity index (χ3v) is 6.03. The zero-order chi connectivity index (χ0) is 20.4. The lowest BCUT2D eigenvalue weighted by Gasteiger charge is -2.29. The lowest BCUT2D eigenvalue weighted by atomic mass is 9.86. The van der Waals surface area contributed by atoms with Crippen LogP contribution in [-0.2, 0) is 6.54 Å². The van der Waals surface area contributed by atoms with Crippen LogP contribution >= 0.6 is 11.6 Å². The standard InChI is InChI=1S/C23H24ClN3O2/c1-15-5-2-3-7-20(15)26-22(28)19-13-17-6-4-12-25-21(17)27(23(19)29)14-16-8-10-18(24)11-9-16/h4,6,8-13,15,20H,2-3,5,7,14H2,1H3,(H,26,28)/t15-,20+/m0/s1. The van der Waals surface area contributed by atoms with Crippen molar-refractivity contribution in [2.45, 2.75) is 45.2 Å². The number of hydrogen-bond acceptors (Lipinski definition) is 3. The average molecular weight is 410 g/mol. The molecule has 2 aromatic heterocycles. The Bertz CT molecular complexity index is 1090. The molecule has 1 saturated carbocycles. The van der Waals surface area contributed by atoms with Gasteiger partial charge in [0.25, 0.3) is 11.5 Å². The molecule has 2 atom stereocenters. The van der Waals surface area contributed by atoms with Gasteiger partial charge in [0, 0.05) is 22.6 Å². The van der Waals surface area contributed by atoms with E-state index in [1.807, 2.05) is 24.3 Å². The van der Waals surface area contributed by atoms with Gasteiger partial charge in [-0.15, -0.1) is 0 Å². The summed E-state index contributed by atoms with van der Waals surface area (Å²) >= 11 is 5.98. The van der Waals surface area contributed by atoms with Crippen LogP contribution in [0.5, 0.6) is 0 Å². The van der Waals surface area contributed by atoms with Gasteiger partial charge in [0.1, 0.15) is 11.2 Å². The van der Waals surface area contributed by atoms with Gasteiger partial charge in [-0.1, -0.05) is 43.5 Å². The van der Waals surface area contributed by atoms with E-state index in [2.05, 4.69) is 17.2 Å². The molecule has 6 heteroatoms. The minimum Gasteiger partial charge on any atom is -0.349 e. The summed E-state index contributed by atoms with van der Waals surface area (Å²) < 4.78 is 1.57. The maximum absolute atomic E-state index is 13.3. The normalized spacial score (nSPS) is 19.2. The minimum absolute atomic E-state index is 0.116. The van der Waals surface area contributed by atoms with Crippen molar-refractivity contribution in [2.75, 3.05) is 0 Å². The highest BCUT2D eigenvalue weighted by Gasteiger charge is 2.25. The number of carbonyl (C=O) groups is 1. The molecule has 0 unspecified atom stereocenters. The highest BCUT2D eigenvalue weighted by atomic mass is 35.5. The molecule has 0 aliphatic heterocycles. The number of benzene rings is 1. The highest BCUT2D eigenvalue weighted by molar-refractivity contribution is 6.30. The molecule has 1 N–H and O–H groups in total. The third kappa shape index (κ3) is 4.20. The van der Waals surface area contributed by atoms with Gasteiger partial charge in [0.05, 0.1) is 6.54 Å². The van der Waals surface area contributed by atoms with Gasteiger partial charge in [-0.25, -0.2) is 4.98 Å². The van der Waals surface area contributed by atoms with Gasteiger partial charge in [-0.05, 0) is 54.7 Å². The molecule has 0 bridgehead atoms. The average Bonchev–Trinajstić information content (AvgIpc) is 2.73. The Labute approximate surface area is 174 Å². The molecule has 1 fully saturated rings. The number of pyridine rings is 2. The molecule has 2 heterocycles. The molecular formula is C23H24ClN3O2. The van der Waals surface area contributed by atoms with Crippen LogP contribution in [0.25, 0.3) is 11.0 Å². The zero-order valence-electron chi connectivity index (χ0n) is 16.4. The topological polar surface area (TPSA) is 64.0 Å². The highest BCUT2D eigenvalue weighted by Crippen LogP contribution is 2.24. The lowest BCUT2D eigenvalue weighted by Crippen LogP contribution is -2.43. The Morgan fingerprint density at radius 2 is 1.97 bits per heavy atom. The molecule has 3 aromatic rings. The van der Waals surface area contributed by atoms with Gasteiger partial charge in [-0.3, -0.25) is 14.2 Å². The molecular weight excluding hydrogens is 386 g/mol. The first kappa shape index (κ1) is 19.6. The molecule has 29 heavy (non-hydrogen) atoms. The maximum atomic E-state index is 13.3. The van der Waals surface area contributed by atoms with Crippen LogP contribution in [-0.4, -0.2) is 21.5 Å².